The molecule has 0 aliphatic carbocycles. The fourth-order valence-electron chi connectivity index (χ4n) is 3.23. The van der Waals surface area contributed by atoms with Gasteiger partial charge in [0.25, 0.3) is 0 Å². The lowest BCUT2D eigenvalue weighted by Gasteiger charge is -2.36. The lowest BCUT2D eigenvalue weighted by molar-refractivity contribution is -0.134. The van der Waals surface area contributed by atoms with E-state index >= 15 is 0 Å². The van der Waals surface area contributed by atoms with Crippen LogP contribution in [0.2, 0.25) is 0 Å². The maximum absolute atomic E-state index is 12.8. The number of amides is 1. The van der Waals surface area contributed by atoms with Crippen LogP contribution < -0.4 is 0 Å². The summed E-state index contributed by atoms with van der Waals surface area (Å²) in [4.78, 5) is 14.8. The van der Waals surface area contributed by atoms with Gasteiger partial charge in [0.2, 0.25) is 5.91 Å². The van der Waals surface area contributed by atoms with E-state index in [4.69, 9.17) is 0 Å². The monoisotopic (exact) mass is 293 g/mol. The maximum Gasteiger partial charge on any atom is 0.227 e. The number of piperidine rings is 1. The Kier molecular flexibility index (Phi) is 4.57. The van der Waals surface area contributed by atoms with Crippen molar-refractivity contribution < 1.29 is 4.79 Å². The Balaban J connectivity index is 1.75. The van der Waals surface area contributed by atoms with Crippen molar-refractivity contribution in [1.29, 1.82) is 0 Å². The van der Waals surface area contributed by atoms with Gasteiger partial charge in [-0.2, -0.15) is 0 Å². The molecule has 114 valence electrons. The molecule has 1 unspecified atom stereocenters. The Morgan fingerprint density at radius 2 is 1.77 bits per heavy atom. The summed E-state index contributed by atoms with van der Waals surface area (Å²) in [5, 5.41) is 0. The number of nitrogens with zero attached hydrogens (tertiary/aromatic N) is 1. The van der Waals surface area contributed by atoms with Gasteiger partial charge in [0.1, 0.15) is 0 Å². The number of rotatable bonds is 3. The molecular weight excluding hydrogens is 270 g/mol. The minimum Gasteiger partial charge on any atom is -0.335 e. The van der Waals surface area contributed by atoms with Crippen molar-refractivity contribution in [3.8, 4) is 0 Å². The van der Waals surface area contributed by atoms with Gasteiger partial charge in [0.05, 0.1) is 12.5 Å². The number of likely N-dealkylation sites (tertiary alicyclic amines) is 1. The van der Waals surface area contributed by atoms with E-state index < -0.39 is 0 Å². The second-order valence-electron chi connectivity index (χ2n) is 6.17. The smallest absolute Gasteiger partial charge is 0.227 e. The maximum atomic E-state index is 12.8. The van der Waals surface area contributed by atoms with Crippen LogP contribution in [0.15, 0.2) is 54.6 Å². The number of carbonyl (C=O) groups is 1. The van der Waals surface area contributed by atoms with Crippen LogP contribution in [0.3, 0.4) is 0 Å². The standard InChI is InChI=1S/C20H23NO/c1-16-10-12-17(13-11-16)15-20(22)21-14-6-5-9-19(21)18-7-3-2-4-8-18/h2-4,7-8,10-13,19H,5-6,9,14-15H2,1H3. The molecule has 1 amide bonds. The van der Waals surface area contributed by atoms with Crippen molar-refractivity contribution in [3.05, 3.63) is 71.3 Å². The fraction of sp³-hybridized carbons (Fsp3) is 0.350. The molecule has 0 aromatic heterocycles. The number of benzene rings is 2. The summed E-state index contributed by atoms with van der Waals surface area (Å²) in [5.74, 6) is 0.248. The summed E-state index contributed by atoms with van der Waals surface area (Å²) < 4.78 is 0. The molecule has 1 atom stereocenters. The minimum atomic E-state index is 0.243. The third-order valence-corrected chi connectivity index (χ3v) is 4.48. The Morgan fingerprint density at radius 1 is 1.05 bits per heavy atom. The van der Waals surface area contributed by atoms with Gasteiger partial charge in [0, 0.05) is 6.54 Å². The summed E-state index contributed by atoms with van der Waals surface area (Å²) in [6.07, 6.45) is 3.89. The first-order valence-corrected chi connectivity index (χ1v) is 8.14. The summed E-state index contributed by atoms with van der Waals surface area (Å²) >= 11 is 0. The quantitative estimate of drug-likeness (QED) is 0.826. The Labute approximate surface area is 132 Å². The zero-order chi connectivity index (χ0) is 15.4. The second-order valence-corrected chi connectivity index (χ2v) is 6.17. The Bertz CT molecular complexity index is 618. The average Bonchev–Trinajstić information content (AvgIpc) is 2.58. The van der Waals surface area contributed by atoms with E-state index in [-0.39, 0.29) is 11.9 Å². The SMILES string of the molecule is Cc1ccc(CC(=O)N2CCCCC2c2ccccc2)cc1. The largest absolute Gasteiger partial charge is 0.335 e. The highest BCUT2D eigenvalue weighted by atomic mass is 16.2. The Hall–Kier alpha value is -2.09. The van der Waals surface area contributed by atoms with E-state index in [2.05, 4.69) is 60.4 Å². The van der Waals surface area contributed by atoms with Crippen LogP contribution in [0, 0.1) is 6.92 Å². The normalized spacial score (nSPS) is 18.2. The minimum absolute atomic E-state index is 0.243. The summed E-state index contributed by atoms with van der Waals surface area (Å²) in [7, 11) is 0. The van der Waals surface area contributed by atoms with Gasteiger partial charge in [0.15, 0.2) is 0 Å². The van der Waals surface area contributed by atoms with Crippen molar-refractivity contribution >= 4 is 5.91 Å². The van der Waals surface area contributed by atoms with Gasteiger partial charge in [-0.1, -0.05) is 60.2 Å². The molecule has 0 radical (unpaired) electrons. The third kappa shape index (κ3) is 3.38. The Morgan fingerprint density at radius 3 is 2.50 bits per heavy atom. The molecule has 2 heteroatoms. The highest BCUT2D eigenvalue weighted by molar-refractivity contribution is 5.79. The molecule has 1 saturated heterocycles. The molecule has 0 saturated carbocycles. The first-order valence-electron chi connectivity index (χ1n) is 8.14. The number of hydrogen-bond acceptors (Lipinski definition) is 1. The zero-order valence-corrected chi connectivity index (χ0v) is 13.2. The van der Waals surface area contributed by atoms with Gasteiger partial charge in [-0.15, -0.1) is 0 Å². The lowest BCUT2D eigenvalue weighted by atomic mass is 9.94. The molecule has 22 heavy (non-hydrogen) atoms. The first-order chi connectivity index (χ1) is 10.7. The summed E-state index contributed by atoms with van der Waals surface area (Å²) in [5.41, 5.74) is 3.60. The summed E-state index contributed by atoms with van der Waals surface area (Å²) in [6.45, 7) is 2.95. The van der Waals surface area contributed by atoms with Crippen molar-refractivity contribution in [2.24, 2.45) is 0 Å². The van der Waals surface area contributed by atoms with E-state index in [0.717, 1.165) is 24.9 Å². The summed E-state index contributed by atoms with van der Waals surface area (Å²) in [6, 6.07) is 19.0. The molecule has 1 aliphatic rings. The van der Waals surface area contributed by atoms with Gasteiger partial charge in [-0.05, 0) is 37.3 Å². The van der Waals surface area contributed by atoms with Crippen LogP contribution in [0.1, 0.15) is 42.0 Å². The predicted octanol–water partition coefficient (Wildman–Crippen LogP) is 4.29. The third-order valence-electron chi connectivity index (χ3n) is 4.48. The predicted molar refractivity (Wildman–Crippen MR) is 89.6 cm³/mol. The van der Waals surface area contributed by atoms with Crippen LogP contribution in [-0.2, 0) is 11.2 Å². The second kappa shape index (κ2) is 6.78. The van der Waals surface area contributed by atoms with E-state index in [0.29, 0.717) is 6.42 Å². The molecule has 3 rings (SSSR count). The van der Waals surface area contributed by atoms with E-state index in [1.165, 1.54) is 17.5 Å². The van der Waals surface area contributed by atoms with Gasteiger partial charge in [-0.3, -0.25) is 4.79 Å². The lowest BCUT2D eigenvalue weighted by Crippen LogP contribution is -2.39. The molecule has 0 N–H and O–H groups in total. The van der Waals surface area contributed by atoms with Crippen LogP contribution in [0.4, 0.5) is 0 Å². The van der Waals surface area contributed by atoms with Crippen molar-refractivity contribution in [2.75, 3.05) is 6.54 Å². The van der Waals surface area contributed by atoms with Crippen LogP contribution >= 0.6 is 0 Å². The number of aryl methyl sites for hydroxylation is 1. The molecule has 2 nitrogen and oxygen atoms in total. The zero-order valence-electron chi connectivity index (χ0n) is 13.2. The van der Waals surface area contributed by atoms with Gasteiger partial charge in [-0.25, -0.2) is 0 Å². The van der Waals surface area contributed by atoms with Crippen LogP contribution in [-0.4, -0.2) is 17.4 Å². The average molecular weight is 293 g/mol. The van der Waals surface area contributed by atoms with Gasteiger partial charge < -0.3 is 4.90 Å². The fourth-order valence-corrected chi connectivity index (χ4v) is 3.23. The molecule has 0 spiro atoms. The van der Waals surface area contributed by atoms with Crippen molar-refractivity contribution in [3.63, 3.8) is 0 Å². The van der Waals surface area contributed by atoms with Crippen LogP contribution in [0.25, 0.3) is 0 Å². The van der Waals surface area contributed by atoms with Crippen molar-refractivity contribution in [1.82, 2.24) is 4.90 Å². The topological polar surface area (TPSA) is 20.3 Å². The van der Waals surface area contributed by atoms with E-state index in [9.17, 15) is 4.79 Å². The number of hydrogen-bond donors (Lipinski definition) is 0. The van der Waals surface area contributed by atoms with E-state index in [1.54, 1.807) is 0 Å². The molecule has 2 aromatic carbocycles. The molecular formula is C20H23NO. The van der Waals surface area contributed by atoms with Gasteiger partial charge >= 0.3 is 0 Å². The number of carbonyl (C=O) groups excluding carboxylic acids is 1. The highest BCUT2D eigenvalue weighted by Gasteiger charge is 2.27. The van der Waals surface area contributed by atoms with Crippen LogP contribution in [0.5, 0.6) is 0 Å². The molecule has 1 heterocycles. The van der Waals surface area contributed by atoms with E-state index in [1.807, 2.05) is 6.07 Å². The first kappa shape index (κ1) is 14.8. The molecule has 0 bridgehead atoms. The molecule has 1 fully saturated rings. The highest BCUT2D eigenvalue weighted by Crippen LogP contribution is 2.31. The molecule has 2 aromatic rings. The molecule has 1 aliphatic heterocycles. The van der Waals surface area contributed by atoms with Crippen molar-refractivity contribution in [2.45, 2.75) is 38.6 Å².